The van der Waals surface area contributed by atoms with E-state index in [4.69, 9.17) is 10.2 Å². The van der Waals surface area contributed by atoms with Crippen molar-refractivity contribution in [3.63, 3.8) is 0 Å². The predicted octanol–water partition coefficient (Wildman–Crippen LogP) is -1.26. The van der Waals surface area contributed by atoms with E-state index in [0.29, 0.717) is 5.69 Å². The Morgan fingerprint density at radius 2 is 1.78 bits per heavy atom. The minimum absolute atomic E-state index is 0.180. The summed E-state index contributed by atoms with van der Waals surface area (Å²) >= 11 is 0. The van der Waals surface area contributed by atoms with Crippen LogP contribution in [0.3, 0.4) is 0 Å². The zero-order chi connectivity index (χ0) is 13.5. The molecule has 1 aromatic rings. The molecule has 0 saturated carbocycles. The number of carbonyl (C=O) groups is 1. The van der Waals surface area contributed by atoms with E-state index in [9.17, 15) is 15.0 Å². The molecule has 0 heterocycles. The van der Waals surface area contributed by atoms with Crippen LogP contribution in [0.1, 0.15) is 0 Å². The van der Waals surface area contributed by atoms with E-state index in [1.54, 1.807) is 24.3 Å². The van der Waals surface area contributed by atoms with Gasteiger partial charge in [0.2, 0.25) is 0 Å². The number of carbonyl (C=O) groups excluding carboxylic acids is 1. The minimum Gasteiger partial charge on any atom is -0.394 e. The van der Waals surface area contributed by atoms with Crippen LogP contribution in [0, 0.1) is 0 Å². The second-order valence-electron chi connectivity index (χ2n) is 3.87. The van der Waals surface area contributed by atoms with Gasteiger partial charge in [0.25, 0.3) is 0 Å². The van der Waals surface area contributed by atoms with Gasteiger partial charge in [0, 0.05) is 5.69 Å². The van der Waals surface area contributed by atoms with Crippen molar-refractivity contribution >= 4 is 11.5 Å². The first-order chi connectivity index (χ1) is 8.56. The Bertz CT molecular complexity index is 370. The molecule has 0 spiro atoms. The normalized spacial score (nSPS) is 15.8. The van der Waals surface area contributed by atoms with Gasteiger partial charge in [-0.15, -0.1) is 0 Å². The molecular formula is C12H17NO5. The highest BCUT2D eigenvalue weighted by Gasteiger charge is 2.29. The maximum Gasteiger partial charge on any atom is 0.182 e. The van der Waals surface area contributed by atoms with E-state index in [0.717, 1.165) is 0 Å². The fraction of sp³-hybridized carbons (Fsp3) is 0.417. The standard InChI is InChI=1S/C12H17NO5/c14-7-10(16)12(18)11(17)9(15)6-13-8-4-2-1-3-5-8/h1-5,10-14,16-18H,6-7H2/t10-,11-,12-/m1/s1. The second kappa shape index (κ2) is 7.07. The molecule has 0 aliphatic carbocycles. The van der Waals surface area contributed by atoms with Crippen LogP contribution in [0.25, 0.3) is 0 Å². The lowest BCUT2D eigenvalue weighted by Gasteiger charge is -2.20. The van der Waals surface area contributed by atoms with Gasteiger partial charge < -0.3 is 25.7 Å². The Balaban J connectivity index is 2.45. The van der Waals surface area contributed by atoms with Crippen LogP contribution in [0.2, 0.25) is 0 Å². The lowest BCUT2D eigenvalue weighted by Crippen LogP contribution is -2.45. The van der Waals surface area contributed by atoms with Crippen LogP contribution in [-0.4, -0.2) is 57.7 Å². The predicted molar refractivity (Wildman–Crippen MR) is 65.0 cm³/mol. The van der Waals surface area contributed by atoms with E-state index in [-0.39, 0.29) is 6.54 Å². The highest BCUT2D eigenvalue weighted by molar-refractivity contribution is 5.87. The van der Waals surface area contributed by atoms with Crippen LogP contribution < -0.4 is 5.32 Å². The van der Waals surface area contributed by atoms with Crippen LogP contribution in [-0.2, 0) is 4.79 Å². The number of hydrogen-bond donors (Lipinski definition) is 5. The quantitative estimate of drug-likeness (QED) is 0.416. The molecule has 6 heteroatoms. The number of Topliss-reactive ketones (excluding diaryl/α,β-unsaturated/α-hetero) is 1. The summed E-state index contributed by atoms with van der Waals surface area (Å²) < 4.78 is 0. The van der Waals surface area contributed by atoms with Crippen LogP contribution in [0.15, 0.2) is 30.3 Å². The first-order valence-corrected chi connectivity index (χ1v) is 5.53. The highest BCUT2D eigenvalue weighted by Crippen LogP contribution is 2.06. The molecule has 100 valence electrons. The SMILES string of the molecule is O=C(CNc1ccccc1)[C@@H](O)[C@H](O)[C@H](O)CO. The van der Waals surface area contributed by atoms with Crippen molar-refractivity contribution in [2.24, 2.45) is 0 Å². The highest BCUT2D eigenvalue weighted by atomic mass is 16.4. The summed E-state index contributed by atoms with van der Waals surface area (Å²) in [6.07, 6.45) is -4.97. The van der Waals surface area contributed by atoms with Gasteiger partial charge in [0.05, 0.1) is 13.2 Å². The molecule has 0 amide bonds. The Labute approximate surface area is 105 Å². The molecule has 0 unspecified atom stereocenters. The molecule has 3 atom stereocenters. The van der Waals surface area contributed by atoms with Gasteiger partial charge in [0.15, 0.2) is 5.78 Å². The van der Waals surface area contributed by atoms with Crippen LogP contribution in [0.4, 0.5) is 5.69 Å². The largest absolute Gasteiger partial charge is 0.394 e. The van der Waals surface area contributed by atoms with Gasteiger partial charge in [-0.2, -0.15) is 0 Å². The number of para-hydroxylation sites is 1. The van der Waals surface area contributed by atoms with Gasteiger partial charge >= 0.3 is 0 Å². The third-order valence-corrected chi connectivity index (χ3v) is 2.48. The molecule has 5 N–H and O–H groups in total. The van der Waals surface area contributed by atoms with Gasteiger partial charge in [0.1, 0.15) is 18.3 Å². The second-order valence-corrected chi connectivity index (χ2v) is 3.87. The molecule has 0 aliphatic rings. The molecule has 0 bridgehead atoms. The fourth-order valence-corrected chi connectivity index (χ4v) is 1.36. The minimum atomic E-state index is -1.73. The molecule has 6 nitrogen and oxygen atoms in total. The monoisotopic (exact) mass is 255 g/mol. The molecule has 18 heavy (non-hydrogen) atoms. The van der Waals surface area contributed by atoms with Gasteiger partial charge in [-0.3, -0.25) is 4.79 Å². The summed E-state index contributed by atoms with van der Waals surface area (Å²) in [4.78, 5) is 11.5. The average molecular weight is 255 g/mol. The van der Waals surface area contributed by atoms with Crippen molar-refractivity contribution in [1.82, 2.24) is 0 Å². The summed E-state index contributed by atoms with van der Waals surface area (Å²) in [5.41, 5.74) is 0.704. The van der Waals surface area contributed by atoms with E-state index < -0.39 is 30.7 Å². The first kappa shape index (κ1) is 14.6. The number of aliphatic hydroxyl groups excluding tert-OH is 4. The summed E-state index contributed by atoms with van der Waals surface area (Å²) in [7, 11) is 0. The molecule has 0 saturated heterocycles. The zero-order valence-electron chi connectivity index (χ0n) is 9.73. The molecule has 0 fully saturated rings. The smallest absolute Gasteiger partial charge is 0.182 e. The maximum atomic E-state index is 11.5. The Hall–Kier alpha value is -1.47. The van der Waals surface area contributed by atoms with Crippen molar-refractivity contribution < 1.29 is 25.2 Å². The summed E-state index contributed by atoms with van der Waals surface area (Å²) in [6.45, 7) is -0.905. The number of hydrogen-bond acceptors (Lipinski definition) is 6. The number of benzene rings is 1. The zero-order valence-corrected chi connectivity index (χ0v) is 9.73. The number of ketones is 1. The molecule has 1 rings (SSSR count). The van der Waals surface area contributed by atoms with E-state index in [1.165, 1.54) is 0 Å². The Morgan fingerprint density at radius 1 is 1.17 bits per heavy atom. The van der Waals surface area contributed by atoms with Crippen LogP contribution in [0.5, 0.6) is 0 Å². The topological polar surface area (TPSA) is 110 Å². The molecule has 0 aliphatic heterocycles. The Kier molecular flexibility index (Phi) is 5.73. The van der Waals surface area contributed by atoms with Crippen LogP contribution >= 0.6 is 0 Å². The number of aliphatic hydroxyl groups is 4. The third-order valence-electron chi connectivity index (χ3n) is 2.48. The lowest BCUT2D eigenvalue weighted by molar-refractivity contribution is -0.138. The summed E-state index contributed by atoms with van der Waals surface area (Å²) in [5, 5.41) is 39.3. The third kappa shape index (κ3) is 4.08. The molecule has 0 aromatic heterocycles. The fourth-order valence-electron chi connectivity index (χ4n) is 1.36. The summed E-state index contributed by atoms with van der Waals surface area (Å²) in [5.74, 6) is -0.668. The van der Waals surface area contributed by atoms with Gasteiger partial charge in [-0.1, -0.05) is 18.2 Å². The van der Waals surface area contributed by atoms with Gasteiger partial charge in [-0.05, 0) is 12.1 Å². The van der Waals surface area contributed by atoms with Crippen molar-refractivity contribution in [3.8, 4) is 0 Å². The Morgan fingerprint density at radius 3 is 2.33 bits per heavy atom. The molecule has 1 aromatic carbocycles. The molecule has 0 radical (unpaired) electrons. The maximum absolute atomic E-state index is 11.5. The first-order valence-electron chi connectivity index (χ1n) is 5.53. The van der Waals surface area contributed by atoms with Crippen molar-refractivity contribution in [3.05, 3.63) is 30.3 Å². The van der Waals surface area contributed by atoms with Crippen molar-refractivity contribution in [2.75, 3.05) is 18.5 Å². The lowest BCUT2D eigenvalue weighted by atomic mass is 10.0. The van der Waals surface area contributed by atoms with Gasteiger partial charge in [-0.25, -0.2) is 0 Å². The van der Waals surface area contributed by atoms with E-state index in [1.807, 2.05) is 6.07 Å². The number of anilines is 1. The summed E-state index contributed by atoms with van der Waals surface area (Å²) in [6, 6.07) is 8.89. The average Bonchev–Trinajstić information content (AvgIpc) is 2.43. The number of nitrogens with one attached hydrogen (secondary N) is 1. The van der Waals surface area contributed by atoms with Crippen molar-refractivity contribution in [1.29, 1.82) is 0 Å². The number of rotatable bonds is 7. The molecular weight excluding hydrogens is 238 g/mol. The van der Waals surface area contributed by atoms with E-state index in [2.05, 4.69) is 5.32 Å². The van der Waals surface area contributed by atoms with Crippen molar-refractivity contribution in [2.45, 2.75) is 18.3 Å². The van der Waals surface area contributed by atoms with E-state index >= 15 is 0 Å².